The van der Waals surface area contributed by atoms with Gasteiger partial charge in [0.05, 0.1) is 35.0 Å². The maximum absolute atomic E-state index is 13.5. The normalized spacial score (nSPS) is 19.4. The number of benzene rings is 2. The van der Waals surface area contributed by atoms with Gasteiger partial charge in [-0.15, -0.1) is 11.3 Å². The quantitative estimate of drug-likeness (QED) is 0.370. The maximum Gasteiger partial charge on any atom is 0.243 e. The molecule has 5 rings (SSSR count). The van der Waals surface area contributed by atoms with Gasteiger partial charge in [0.1, 0.15) is 0 Å². The van der Waals surface area contributed by atoms with Gasteiger partial charge in [0.2, 0.25) is 10.0 Å². The van der Waals surface area contributed by atoms with E-state index in [2.05, 4.69) is 9.55 Å². The minimum absolute atomic E-state index is 0.146. The van der Waals surface area contributed by atoms with E-state index in [1.165, 1.54) is 15.6 Å². The van der Waals surface area contributed by atoms with Crippen molar-refractivity contribution in [1.29, 1.82) is 0 Å². The summed E-state index contributed by atoms with van der Waals surface area (Å²) in [5.74, 6) is 0. The lowest BCUT2D eigenvalue weighted by atomic mass is 10.1. The average Bonchev–Trinajstić information content (AvgIpc) is 3.26. The zero-order valence-electron chi connectivity index (χ0n) is 20.2. The second-order valence-electron chi connectivity index (χ2n) is 8.91. The van der Waals surface area contributed by atoms with Gasteiger partial charge in [0.25, 0.3) is 0 Å². The summed E-state index contributed by atoms with van der Waals surface area (Å²) in [5.41, 5.74) is 3.61. The Labute approximate surface area is 215 Å². The predicted octanol–water partition coefficient (Wildman–Crippen LogP) is 4.69. The molecule has 1 aliphatic rings. The molecule has 2 aromatic heterocycles. The molecule has 186 valence electrons. The van der Waals surface area contributed by atoms with E-state index in [4.69, 9.17) is 9.73 Å². The Morgan fingerprint density at radius 1 is 1.03 bits per heavy atom. The van der Waals surface area contributed by atoms with Crippen molar-refractivity contribution in [2.24, 2.45) is 4.99 Å². The van der Waals surface area contributed by atoms with Crippen LogP contribution in [0.5, 0.6) is 0 Å². The number of hydrogen-bond acceptors (Lipinski definition) is 6. The zero-order chi connectivity index (χ0) is 25.1. The number of hydrogen-bond donors (Lipinski definition) is 0. The van der Waals surface area contributed by atoms with Crippen LogP contribution < -0.4 is 4.80 Å². The van der Waals surface area contributed by atoms with Crippen LogP contribution in [-0.4, -0.2) is 47.6 Å². The third-order valence-corrected chi connectivity index (χ3v) is 8.69. The van der Waals surface area contributed by atoms with Crippen molar-refractivity contribution in [3.8, 4) is 11.3 Å². The SMILES string of the molecule is C[C@@H]1CN(S(=O)(=O)c2cccc(-c3csc(=Nc4ccccc4)n3Cc3cccnc3)c2)C[C@H](C)O1. The van der Waals surface area contributed by atoms with Crippen molar-refractivity contribution in [2.45, 2.75) is 37.5 Å². The number of sulfonamides is 1. The molecule has 4 aromatic rings. The molecule has 0 radical (unpaired) electrons. The summed E-state index contributed by atoms with van der Waals surface area (Å²) in [7, 11) is -3.66. The minimum Gasteiger partial charge on any atom is -0.373 e. The van der Waals surface area contributed by atoms with E-state index < -0.39 is 10.0 Å². The lowest BCUT2D eigenvalue weighted by Crippen LogP contribution is -2.48. The van der Waals surface area contributed by atoms with Crippen molar-refractivity contribution in [3.05, 3.63) is 94.9 Å². The van der Waals surface area contributed by atoms with Crippen molar-refractivity contribution >= 4 is 27.0 Å². The Morgan fingerprint density at radius 2 is 1.81 bits per heavy atom. The Kier molecular flexibility index (Phi) is 7.15. The van der Waals surface area contributed by atoms with Gasteiger partial charge in [-0.25, -0.2) is 13.4 Å². The number of ether oxygens (including phenoxy) is 1. The van der Waals surface area contributed by atoms with Crippen molar-refractivity contribution in [1.82, 2.24) is 13.9 Å². The first-order valence-electron chi connectivity index (χ1n) is 11.8. The Balaban J connectivity index is 1.57. The summed E-state index contributed by atoms with van der Waals surface area (Å²) in [6, 6.07) is 20.9. The van der Waals surface area contributed by atoms with E-state index in [-0.39, 0.29) is 17.1 Å². The van der Waals surface area contributed by atoms with E-state index in [0.717, 1.165) is 27.3 Å². The smallest absolute Gasteiger partial charge is 0.243 e. The fraction of sp³-hybridized carbons (Fsp3) is 0.259. The van der Waals surface area contributed by atoms with Crippen LogP contribution >= 0.6 is 11.3 Å². The number of morpholine rings is 1. The fourth-order valence-electron chi connectivity index (χ4n) is 4.38. The van der Waals surface area contributed by atoms with Crippen molar-refractivity contribution in [3.63, 3.8) is 0 Å². The van der Waals surface area contributed by atoms with Gasteiger partial charge in [-0.2, -0.15) is 4.31 Å². The number of nitrogens with zero attached hydrogens (tertiary/aromatic N) is 4. The largest absolute Gasteiger partial charge is 0.373 e. The van der Waals surface area contributed by atoms with Gasteiger partial charge in [0.15, 0.2) is 4.80 Å². The Bertz CT molecular complexity index is 1490. The van der Waals surface area contributed by atoms with E-state index in [1.54, 1.807) is 24.4 Å². The van der Waals surface area contributed by atoms with Gasteiger partial charge in [-0.05, 0) is 49.7 Å². The molecule has 0 saturated carbocycles. The Morgan fingerprint density at radius 3 is 2.53 bits per heavy atom. The molecule has 1 saturated heterocycles. The third-order valence-electron chi connectivity index (χ3n) is 6.00. The first-order chi connectivity index (χ1) is 17.4. The zero-order valence-corrected chi connectivity index (χ0v) is 21.8. The molecule has 0 amide bonds. The maximum atomic E-state index is 13.5. The molecule has 0 N–H and O–H groups in total. The van der Waals surface area contributed by atoms with Crippen LogP contribution in [0, 0.1) is 0 Å². The molecule has 9 heteroatoms. The molecular weight excluding hydrogens is 492 g/mol. The van der Waals surface area contributed by atoms with E-state index in [9.17, 15) is 8.42 Å². The Hall–Kier alpha value is -3.11. The van der Waals surface area contributed by atoms with Gasteiger partial charge >= 0.3 is 0 Å². The van der Waals surface area contributed by atoms with Crippen LogP contribution in [0.1, 0.15) is 19.4 Å². The molecule has 2 atom stereocenters. The second-order valence-corrected chi connectivity index (χ2v) is 11.7. The molecule has 3 heterocycles. The first kappa shape index (κ1) is 24.6. The molecule has 0 bridgehead atoms. The standard InChI is InChI=1S/C27H28N4O3S2/c1-20-16-30(17-21(2)34-20)36(32,33)25-12-6-9-23(14-25)26-19-35-27(29-24-10-4-3-5-11-24)31(26)18-22-8-7-13-28-15-22/h3-15,19-21H,16-18H2,1-2H3/t20-,21+. The molecule has 7 nitrogen and oxygen atoms in total. The summed E-state index contributed by atoms with van der Waals surface area (Å²) >= 11 is 1.53. The summed E-state index contributed by atoms with van der Waals surface area (Å²) in [6.45, 7) is 5.05. The van der Waals surface area contributed by atoms with Crippen LogP contribution in [0.4, 0.5) is 5.69 Å². The number of aromatic nitrogens is 2. The number of rotatable bonds is 6. The van der Waals surface area contributed by atoms with Gasteiger partial charge in [-0.3, -0.25) is 4.98 Å². The van der Waals surface area contributed by atoms with Crippen LogP contribution in [0.3, 0.4) is 0 Å². The number of pyridine rings is 1. The third kappa shape index (κ3) is 5.34. The highest BCUT2D eigenvalue weighted by Gasteiger charge is 2.32. The first-order valence-corrected chi connectivity index (χ1v) is 14.1. The van der Waals surface area contributed by atoms with E-state index in [0.29, 0.717) is 19.6 Å². The molecule has 1 aliphatic heterocycles. The molecular formula is C27H28N4O3S2. The lowest BCUT2D eigenvalue weighted by Gasteiger charge is -2.34. The topological polar surface area (TPSA) is 76.8 Å². The van der Waals surface area contributed by atoms with Crippen LogP contribution in [0.2, 0.25) is 0 Å². The van der Waals surface area contributed by atoms with Crippen LogP contribution in [0.25, 0.3) is 11.3 Å². The lowest BCUT2D eigenvalue weighted by molar-refractivity contribution is -0.0440. The number of para-hydroxylation sites is 1. The monoisotopic (exact) mass is 520 g/mol. The molecule has 2 aromatic carbocycles. The molecule has 0 unspecified atom stereocenters. The molecule has 0 aliphatic carbocycles. The summed E-state index contributed by atoms with van der Waals surface area (Å²) in [5, 5.41) is 2.03. The summed E-state index contributed by atoms with van der Waals surface area (Å²) in [6.07, 6.45) is 3.29. The molecule has 1 fully saturated rings. The van der Waals surface area contributed by atoms with Crippen molar-refractivity contribution < 1.29 is 13.2 Å². The van der Waals surface area contributed by atoms with Gasteiger partial charge in [-0.1, -0.05) is 36.4 Å². The predicted molar refractivity (Wildman–Crippen MR) is 142 cm³/mol. The second kappa shape index (κ2) is 10.5. The van der Waals surface area contributed by atoms with Gasteiger partial charge in [0, 0.05) is 36.4 Å². The molecule has 36 heavy (non-hydrogen) atoms. The summed E-state index contributed by atoms with van der Waals surface area (Å²) in [4.78, 5) is 10.2. The fourth-order valence-corrected chi connectivity index (χ4v) is 6.95. The van der Waals surface area contributed by atoms with Gasteiger partial charge < -0.3 is 9.30 Å². The minimum atomic E-state index is -3.66. The van der Waals surface area contributed by atoms with Crippen LogP contribution in [-0.2, 0) is 21.3 Å². The summed E-state index contributed by atoms with van der Waals surface area (Å²) < 4.78 is 36.4. The van der Waals surface area contributed by atoms with E-state index in [1.807, 2.05) is 74.0 Å². The highest BCUT2D eigenvalue weighted by Crippen LogP contribution is 2.27. The van der Waals surface area contributed by atoms with Crippen LogP contribution in [0.15, 0.2) is 94.4 Å². The highest BCUT2D eigenvalue weighted by atomic mass is 32.2. The average molecular weight is 521 g/mol. The highest BCUT2D eigenvalue weighted by molar-refractivity contribution is 7.89. The number of thiazole rings is 1. The van der Waals surface area contributed by atoms with E-state index >= 15 is 0 Å². The van der Waals surface area contributed by atoms with Crippen molar-refractivity contribution in [2.75, 3.05) is 13.1 Å². The molecule has 0 spiro atoms.